The van der Waals surface area contributed by atoms with Gasteiger partial charge in [0.15, 0.2) is 5.78 Å². The van der Waals surface area contributed by atoms with Crippen molar-refractivity contribution in [2.24, 2.45) is 29.6 Å². The zero-order chi connectivity index (χ0) is 20.3. The van der Waals surface area contributed by atoms with Gasteiger partial charge in [-0.2, -0.15) is 4.72 Å². The van der Waals surface area contributed by atoms with Gasteiger partial charge in [0.25, 0.3) is 0 Å². The Hall–Kier alpha value is -0.620. The molecule has 28 heavy (non-hydrogen) atoms. The van der Waals surface area contributed by atoms with E-state index in [1.54, 1.807) is 19.9 Å². The number of carbonyl (C=O) groups is 1. The van der Waals surface area contributed by atoms with E-state index in [1.807, 2.05) is 0 Å². The second kappa shape index (κ2) is 7.26. The largest absolute Gasteiger partial charge is 0.298 e. The highest BCUT2D eigenvalue weighted by atomic mass is 35.5. The third-order valence-electron chi connectivity index (χ3n) is 7.12. The van der Waals surface area contributed by atoms with Gasteiger partial charge in [-0.3, -0.25) is 4.79 Å². The van der Waals surface area contributed by atoms with Crippen LogP contribution in [-0.4, -0.2) is 19.7 Å². The first-order valence-electron chi connectivity index (χ1n) is 10.1. The fourth-order valence-electron chi connectivity index (χ4n) is 6.02. The van der Waals surface area contributed by atoms with E-state index in [2.05, 4.69) is 4.72 Å². The minimum atomic E-state index is -4.02. The van der Waals surface area contributed by atoms with Crippen LogP contribution in [0, 0.1) is 29.6 Å². The maximum absolute atomic E-state index is 13.1. The molecule has 4 fully saturated rings. The summed E-state index contributed by atoms with van der Waals surface area (Å²) in [7, 11) is -4.02. The molecule has 4 bridgehead atoms. The fraction of sp³-hybridized carbons (Fsp3) is 0.667. The first kappa shape index (κ1) is 20.6. The highest BCUT2D eigenvalue weighted by Crippen LogP contribution is 2.57. The Bertz CT molecular complexity index is 849. The van der Waals surface area contributed by atoms with Crippen LogP contribution in [0.15, 0.2) is 23.1 Å². The quantitative estimate of drug-likeness (QED) is 0.666. The molecule has 0 saturated heterocycles. The van der Waals surface area contributed by atoms with Gasteiger partial charge in [-0.1, -0.05) is 29.3 Å². The van der Waals surface area contributed by atoms with Crippen LogP contribution in [0.1, 0.15) is 52.4 Å². The van der Waals surface area contributed by atoms with E-state index < -0.39 is 15.6 Å². The van der Waals surface area contributed by atoms with Gasteiger partial charge < -0.3 is 0 Å². The number of halogens is 2. The summed E-state index contributed by atoms with van der Waals surface area (Å²) in [6.07, 6.45) is 6.79. The van der Waals surface area contributed by atoms with Crippen LogP contribution in [0.3, 0.4) is 0 Å². The topological polar surface area (TPSA) is 63.2 Å². The molecule has 0 spiro atoms. The van der Waals surface area contributed by atoms with E-state index in [0.717, 1.165) is 11.8 Å². The second-order valence-electron chi connectivity index (χ2n) is 9.50. The molecule has 4 aliphatic rings. The molecule has 5 rings (SSSR count). The van der Waals surface area contributed by atoms with Crippen molar-refractivity contribution in [3.05, 3.63) is 28.2 Å². The van der Waals surface area contributed by atoms with Crippen molar-refractivity contribution in [1.82, 2.24) is 4.72 Å². The number of ketones is 1. The predicted octanol–water partition coefficient (Wildman–Crippen LogP) is 5.08. The summed E-state index contributed by atoms with van der Waals surface area (Å²) >= 11 is 12.1. The molecule has 0 radical (unpaired) electrons. The first-order valence-corrected chi connectivity index (χ1v) is 12.3. The molecular weight excluding hydrogens is 417 g/mol. The van der Waals surface area contributed by atoms with Gasteiger partial charge in [-0.25, -0.2) is 8.42 Å². The van der Waals surface area contributed by atoms with Crippen LogP contribution < -0.4 is 4.72 Å². The zero-order valence-corrected chi connectivity index (χ0v) is 18.6. The van der Waals surface area contributed by atoms with Gasteiger partial charge in [0.2, 0.25) is 10.0 Å². The summed E-state index contributed by atoms with van der Waals surface area (Å²) in [4.78, 5) is 13.0. The maximum atomic E-state index is 13.1. The standard InChI is InChI=1S/C21H27Cl2NO3S/c1-21(2,24-28(26,27)20-17(22)4-3-5-18(20)23)19(25)11-16-14-7-12-6-13(9-14)10-15(16)8-12/h3-5,12-16,24H,6-11H2,1-2H3. The molecule has 4 saturated carbocycles. The Kier molecular flexibility index (Phi) is 5.35. The molecule has 7 heteroatoms. The fourth-order valence-corrected chi connectivity index (χ4v) is 8.57. The van der Waals surface area contributed by atoms with Crippen molar-refractivity contribution in [1.29, 1.82) is 0 Å². The summed E-state index contributed by atoms with van der Waals surface area (Å²) in [6.45, 7) is 3.27. The minimum absolute atomic E-state index is 0.0456. The number of rotatable bonds is 6. The highest BCUT2D eigenvalue weighted by molar-refractivity contribution is 7.89. The Morgan fingerprint density at radius 3 is 2.04 bits per heavy atom. The molecule has 0 unspecified atom stereocenters. The lowest BCUT2D eigenvalue weighted by Gasteiger charge is -2.54. The lowest BCUT2D eigenvalue weighted by molar-refractivity contribution is -0.128. The van der Waals surface area contributed by atoms with Crippen LogP contribution in [0.5, 0.6) is 0 Å². The van der Waals surface area contributed by atoms with Crippen LogP contribution in [-0.2, 0) is 14.8 Å². The number of sulfonamides is 1. The number of hydrogen-bond acceptors (Lipinski definition) is 3. The normalized spacial score (nSPS) is 31.9. The van der Waals surface area contributed by atoms with Crippen LogP contribution >= 0.6 is 23.2 Å². The van der Waals surface area contributed by atoms with Crippen molar-refractivity contribution in [3.63, 3.8) is 0 Å². The van der Waals surface area contributed by atoms with Crippen molar-refractivity contribution in [2.45, 2.75) is 62.8 Å². The average molecular weight is 444 g/mol. The third-order valence-corrected chi connectivity index (χ3v) is 9.73. The number of benzene rings is 1. The summed E-state index contributed by atoms with van der Waals surface area (Å²) in [6, 6.07) is 4.54. The van der Waals surface area contributed by atoms with Gasteiger partial charge in [0.05, 0.1) is 15.6 Å². The Labute approximate surface area is 177 Å². The molecule has 1 aromatic rings. The minimum Gasteiger partial charge on any atom is -0.298 e. The van der Waals surface area contributed by atoms with Crippen LogP contribution in [0.2, 0.25) is 10.0 Å². The molecule has 1 N–H and O–H groups in total. The zero-order valence-electron chi connectivity index (χ0n) is 16.3. The summed E-state index contributed by atoms with van der Waals surface area (Å²) in [5.74, 6) is 3.30. The Balaban J connectivity index is 1.49. The smallest absolute Gasteiger partial charge is 0.244 e. The average Bonchev–Trinajstić information content (AvgIpc) is 2.55. The highest BCUT2D eigenvalue weighted by Gasteiger charge is 2.49. The lowest BCUT2D eigenvalue weighted by Crippen LogP contribution is -2.52. The molecule has 0 heterocycles. The molecule has 0 aliphatic heterocycles. The molecule has 4 nitrogen and oxygen atoms in total. The molecule has 1 aromatic carbocycles. The molecule has 4 aliphatic carbocycles. The summed E-state index contributed by atoms with van der Waals surface area (Å²) in [5.41, 5.74) is -1.21. The number of Topliss-reactive ketones (excluding diaryl/α,β-unsaturated/α-hetero) is 1. The predicted molar refractivity (Wildman–Crippen MR) is 111 cm³/mol. The molecule has 0 amide bonds. The maximum Gasteiger partial charge on any atom is 0.244 e. The number of hydrogen-bond donors (Lipinski definition) is 1. The lowest BCUT2D eigenvalue weighted by atomic mass is 9.51. The van der Waals surface area contributed by atoms with Crippen molar-refractivity contribution >= 4 is 39.0 Å². The van der Waals surface area contributed by atoms with Crippen molar-refractivity contribution in [3.8, 4) is 0 Å². The SMILES string of the molecule is CC(C)(NS(=O)(=O)c1c(Cl)cccc1Cl)C(=O)CC1C2CC3CC(C2)CC1C3. The first-order chi connectivity index (χ1) is 13.1. The monoisotopic (exact) mass is 443 g/mol. The van der Waals surface area contributed by atoms with E-state index in [4.69, 9.17) is 23.2 Å². The molecular formula is C21H27Cl2NO3S. The van der Waals surface area contributed by atoms with Gasteiger partial charge in [0.1, 0.15) is 4.90 Å². The van der Waals surface area contributed by atoms with Gasteiger partial charge in [-0.15, -0.1) is 0 Å². The van der Waals surface area contributed by atoms with Crippen molar-refractivity contribution in [2.75, 3.05) is 0 Å². The summed E-state index contributed by atoms with van der Waals surface area (Å²) in [5, 5.41) is 0.0913. The van der Waals surface area contributed by atoms with E-state index in [-0.39, 0.29) is 20.7 Å². The van der Waals surface area contributed by atoms with E-state index in [9.17, 15) is 13.2 Å². The third kappa shape index (κ3) is 3.76. The molecule has 0 atom stereocenters. The Morgan fingerprint density at radius 2 is 1.54 bits per heavy atom. The van der Waals surface area contributed by atoms with Crippen molar-refractivity contribution < 1.29 is 13.2 Å². The number of nitrogens with one attached hydrogen (secondary N) is 1. The van der Waals surface area contributed by atoms with Crippen LogP contribution in [0.25, 0.3) is 0 Å². The number of carbonyl (C=O) groups excluding carboxylic acids is 1. The van der Waals surface area contributed by atoms with E-state index in [1.165, 1.54) is 44.2 Å². The second-order valence-corrected chi connectivity index (χ2v) is 11.9. The van der Waals surface area contributed by atoms with Gasteiger partial charge in [-0.05, 0) is 87.7 Å². The van der Waals surface area contributed by atoms with E-state index >= 15 is 0 Å². The molecule has 154 valence electrons. The summed E-state index contributed by atoms with van der Waals surface area (Å²) < 4.78 is 28.4. The Morgan fingerprint density at radius 1 is 1.04 bits per heavy atom. The molecule has 0 aromatic heterocycles. The van der Waals surface area contributed by atoms with Crippen LogP contribution in [0.4, 0.5) is 0 Å². The van der Waals surface area contributed by atoms with Gasteiger partial charge in [0, 0.05) is 6.42 Å². The van der Waals surface area contributed by atoms with Gasteiger partial charge >= 0.3 is 0 Å². The van der Waals surface area contributed by atoms with E-state index in [0.29, 0.717) is 24.2 Å².